The number of hydrogen-bond acceptors (Lipinski definition) is 3. The number of ether oxygens (including phenoxy) is 1. The van der Waals surface area contributed by atoms with Gasteiger partial charge in [-0.15, -0.1) is 0 Å². The fourth-order valence-corrected chi connectivity index (χ4v) is 1.58. The van der Waals surface area contributed by atoms with Gasteiger partial charge in [0.05, 0.1) is 13.2 Å². The van der Waals surface area contributed by atoms with Crippen LogP contribution in [0.3, 0.4) is 0 Å². The van der Waals surface area contributed by atoms with E-state index in [1.54, 1.807) is 7.11 Å². The Morgan fingerprint density at radius 1 is 1.53 bits per heavy atom. The number of rotatable bonds is 8. The average molecular weight is 239 g/mol. The summed E-state index contributed by atoms with van der Waals surface area (Å²) in [5, 5.41) is 5.87. The van der Waals surface area contributed by atoms with Gasteiger partial charge in [-0.25, -0.2) is 0 Å². The van der Waals surface area contributed by atoms with Crippen LogP contribution < -0.4 is 10.6 Å². The van der Waals surface area contributed by atoms with Crippen LogP contribution in [0, 0.1) is 0 Å². The van der Waals surface area contributed by atoms with Gasteiger partial charge >= 0.3 is 0 Å². The van der Waals surface area contributed by atoms with Crippen LogP contribution in [-0.4, -0.2) is 37.3 Å². The van der Waals surface area contributed by atoms with Gasteiger partial charge < -0.3 is 19.9 Å². The summed E-state index contributed by atoms with van der Waals surface area (Å²) < 4.78 is 7.00. The van der Waals surface area contributed by atoms with Crippen LogP contribution in [0.15, 0.2) is 18.3 Å². The summed E-state index contributed by atoms with van der Waals surface area (Å²) in [6.45, 7) is 5.19. The molecule has 5 heteroatoms. The van der Waals surface area contributed by atoms with Crippen LogP contribution >= 0.6 is 0 Å². The molecule has 0 saturated carbocycles. The number of carbonyl (C=O) groups excluding carboxylic acids is 1. The van der Waals surface area contributed by atoms with E-state index >= 15 is 0 Å². The Bertz CT molecular complexity index is 336. The van der Waals surface area contributed by atoms with Crippen LogP contribution in [0.5, 0.6) is 0 Å². The van der Waals surface area contributed by atoms with Gasteiger partial charge in [0.2, 0.25) is 5.91 Å². The standard InChI is InChI=1S/C12H21N3O2/c1-3-15-7-4-5-11(15)9-13-10-12(16)14-6-8-17-2/h4-5,7,13H,3,6,8-10H2,1-2H3,(H,14,16). The van der Waals surface area contributed by atoms with Crippen LogP contribution in [0.1, 0.15) is 12.6 Å². The molecule has 96 valence electrons. The third-order valence-electron chi connectivity index (χ3n) is 2.48. The fourth-order valence-electron chi connectivity index (χ4n) is 1.58. The average Bonchev–Trinajstić information content (AvgIpc) is 2.77. The molecule has 17 heavy (non-hydrogen) atoms. The molecule has 1 amide bonds. The predicted molar refractivity (Wildman–Crippen MR) is 66.7 cm³/mol. The summed E-state index contributed by atoms with van der Waals surface area (Å²) in [5.41, 5.74) is 1.19. The van der Waals surface area contributed by atoms with Crippen LogP contribution in [0.2, 0.25) is 0 Å². The summed E-state index contributed by atoms with van der Waals surface area (Å²) in [5.74, 6) is -0.00310. The lowest BCUT2D eigenvalue weighted by molar-refractivity contribution is -0.120. The number of methoxy groups -OCH3 is 1. The maximum absolute atomic E-state index is 11.4. The second-order valence-electron chi connectivity index (χ2n) is 3.73. The SMILES string of the molecule is CCn1cccc1CNCC(=O)NCCOC. The molecule has 0 atom stereocenters. The lowest BCUT2D eigenvalue weighted by atomic mass is 10.4. The second kappa shape index (κ2) is 7.86. The van der Waals surface area contributed by atoms with Crippen molar-refractivity contribution in [2.75, 3.05) is 26.8 Å². The van der Waals surface area contributed by atoms with Gasteiger partial charge in [-0.2, -0.15) is 0 Å². The third-order valence-corrected chi connectivity index (χ3v) is 2.48. The Labute approximate surface area is 102 Å². The molecule has 0 aromatic carbocycles. The Morgan fingerprint density at radius 3 is 3.06 bits per heavy atom. The summed E-state index contributed by atoms with van der Waals surface area (Å²) >= 11 is 0. The molecule has 0 aliphatic carbocycles. The molecule has 0 fully saturated rings. The highest BCUT2D eigenvalue weighted by Crippen LogP contribution is 2.00. The molecule has 0 spiro atoms. The molecule has 0 radical (unpaired) electrons. The molecule has 1 heterocycles. The molecule has 0 saturated heterocycles. The van der Waals surface area contributed by atoms with Crippen molar-refractivity contribution < 1.29 is 9.53 Å². The van der Waals surface area contributed by atoms with Gasteiger partial charge in [-0.3, -0.25) is 4.79 Å². The third kappa shape index (κ3) is 5.01. The quantitative estimate of drug-likeness (QED) is 0.644. The van der Waals surface area contributed by atoms with Crippen molar-refractivity contribution in [3.05, 3.63) is 24.0 Å². The van der Waals surface area contributed by atoms with E-state index in [1.165, 1.54) is 5.69 Å². The molecule has 0 aliphatic rings. The maximum Gasteiger partial charge on any atom is 0.234 e. The number of aromatic nitrogens is 1. The topological polar surface area (TPSA) is 55.3 Å². The zero-order valence-electron chi connectivity index (χ0n) is 10.5. The molecular formula is C12H21N3O2. The lowest BCUT2D eigenvalue weighted by Crippen LogP contribution is -2.35. The van der Waals surface area contributed by atoms with E-state index in [0.29, 0.717) is 26.2 Å². The molecular weight excluding hydrogens is 218 g/mol. The van der Waals surface area contributed by atoms with Crippen molar-refractivity contribution in [1.82, 2.24) is 15.2 Å². The van der Waals surface area contributed by atoms with Gasteiger partial charge in [0.1, 0.15) is 0 Å². The fraction of sp³-hybridized carbons (Fsp3) is 0.583. The Balaban J connectivity index is 2.17. The number of amides is 1. The first-order valence-corrected chi connectivity index (χ1v) is 5.88. The molecule has 2 N–H and O–H groups in total. The number of aryl methyl sites for hydroxylation is 1. The molecule has 1 rings (SSSR count). The first-order chi connectivity index (χ1) is 8.27. The minimum absolute atomic E-state index is 0.00310. The first kappa shape index (κ1) is 13.7. The molecule has 1 aromatic heterocycles. The Kier molecular flexibility index (Phi) is 6.35. The minimum Gasteiger partial charge on any atom is -0.383 e. The van der Waals surface area contributed by atoms with Gasteiger partial charge in [0, 0.05) is 38.6 Å². The summed E-state index contributed by atoms with van der Waals surface area (Å²) in [6.07, 6.45) is 2.04. The van der Waals surface area contributed by atoms with E-state index in [0.717, 1.165) is 6.54 Å². The van der Waals surface area contributed by atoms with Crippen LogP contribution in [-0.2, 0) is 22.6 Å². The first-order valence-electron chi connectivity index (χ1n) is 5.88. The zero-order valence-corrected chi connectivity index (χ0v) is 10.5. The number of hydrogen-bond donors (Lipinski definition) is 2. The predicted octanol–water partition coefficient (Wildman–Crippen LogP) is 0.360. The Morgan fingerprint density at radius 2 is 2.35 bits per heavy atom. The normalized spacial score (nSPS) is 10.5. The van der Waals surface area contributed by atoms with E-state index in [4.69, 9.17) is 4.74 Å². The smallest absolute Gasteiger partial charge is 0.234 e. The van der Waals surface area contributed by atoms with Gasteiger partial charge in [-0.05, 0) is 19.1 Å². The summed E-state index contributed by atoms with van der Waals surface area (Å²) in [7, 11) is 1.61. The minimum atomic E-state index is -0.00310. The zero-order chi connectivity index (χ0) is 12.5. The lowest BCUT2D eigenvalue weighted by Gasteiger charge is -2.08. The van der Waals surface area contributed by atoms with E-state index < -0.39 is 0 Å². The monoisotopic (exact) mass is 239 g/mol. The van der Waals surface area contributed by atoms with E-state index in [1.807, 2.05) is 12.3 Å². The van der Waals surface area contributed by atoms with Crippen molar-refractivity contribution in [1.29, 1.82) is 0 Å². The van der Waals surface area contributed by atoms with Crippen molar-refractivity contribution in [2.45, 2.75) is 20.0 Å². The number of nitrogens with zero attached hydrogens (tertiary/aromatic N) is 1. The van der Waals surface area contributed by atoms with Crippen LogP contribution in [0.25, 0.3) is 0 Å². The van der Waals surface area contributed by atoms with E-state index in [2.05, 4.69) is 28.2 Å². The molecule has 0 aliphatic heterocycles. The Hall–Kier alpha value is -1.33. The van der Waals surface area contributed by atoms with Gasteiger partial charge in [-0.1, -0.05) is 0 Å². The highest BCUT2D eigenvalue weighted by molar-refractivity contribution is 5.77. The second-order valence-corrected chi connectivity index (χ2v) is 3.73. The van der Waals surface area contributed by atoms with Gasteiger partial charge in [0.15, 0.2) is 0 Å². The molecule has 5 nitrogen and oxygen atoms in total. The maximum atomic E-state index is 11.4. The van der Waals surface area contributed by atoms with Crippen molar-refractivity contribution >= 4 is 5.91 Å². The summed E-state index contributed by atoms with van der Waals surface area (Å²) in [6, 6.07) is 4.07. The number of nitrogens with one attached hydrogen (secondary N) is 2. The molecule has 1 aromatic rings. The van der Waals surface area contributed by atoms with Crippen LogP contribution in [0.4, 0.5) is 0 Å². The molecule has 0 unspecified atom stereocenters. The van der Waals surface area contributed by atoms with E-state index in [9.17, 15) is 4.79 Å². The molecule has 0 bridgehead atoms. The highest BCUT2D eigenvalue weighted by Gasteiger charge is 2.01. The van der Waals surface area contributed by atoms with Crippen molar-refractivity contribution in [3.63, 3.8) is 0 Å². The number of carbonyl (C=O) groups is 1. The van der Waals surface area contributed by atoms with Gasteiger partial charge in [0.25, 0.3) is 0 Å². The highest BCUT2D eigenvalue weighted by atomic mass is 16.5. The van der Waals surface area contributed by atoms with E-state index in [-0.39, 0.29) is 5.91 Å². The summed E-state index contributed by atoms with van der Waals surface area (Å²) in [4.78, 5) is 11.4. The largest absolute Gasteiger partial charge is 0.383 e. The van der Waals surface area contributed by atoms with Crippen molar-refractivity contribution in [2.24, 2.45) is 0 Å². The van der Waals surface area contributed by atoms with Crippen molar-refractivity contribution in [3.8, 4) is 0 Å².